The van der Waals surface area contributed by atoms with Crippen molar-refractivity contribution in [1.82, 2.24) is 14.4 Å². The van der Waals surface area contributed by atoms with Crippen LogP contribution in [0.15, 0.2) is 53.1 Å². The molecule has 3 aliphatic heterocycles. The van der Waals surface area contributed by atoms with Gasteiger partial charge in [-0.1, -0.05) is 12.1 Å². The number of para-hydroxylation sites is 2. The molecule has 2 aromatic heterocycles. The van der Waals surface area contributed by atoms with Gasteiger partial charge in [0, 0.05) is 50.2 Å². The van der Waals surface area contributed by atoms with Crippen molar-refractivity contribution < 1.29 is 13.9 Å². The topological polar surface area (TPSA) is 62.9 Å². The first-order valence-electron chi connectivity index (χ1n) is 11.9. The first-order valence-corrected chi connectivity index (χ1v) is 11.9. The van der Waals surface area contributed by atoms with Crippen LogP contribution >= 0.6 is 0 Å². The lowest BCUT2D eigenvalue weighted by Crippen LogP contribution is -2.51. The van der Waals surface area contributed by atoms with Crippen LogP contribution in [0, 0.1) is 6.92 Å². The summed E-state index contributed by atoms with van der Waals surface area (Å²) in [6.07, 6.45) is 3.85. The van der Waals surface area contributed by atoms with E-state index in [0.29, 0.717) is 18.8 Å². The zero-order chi connectivity index (χ0) is 22.4. The van der Waals surface area contributed by atoms with Gasteiger partial charge in [-0.15, -0.1) is 0 Å². The maximum absolute atomic E-state index is 13.3. The molecule has 0 saturated carbocycles. The smallest absolute Gasteiger partial charge is 0.289 e. The number of morpholine rings is 1. The number of carbonyl (C=O) groups is 1. The summed E-state index contributed by atoms with van der Waals surface area (Å²) in [5.74, 6) is 1.28. The minimum absolute atomic E-state index is 0.00669. The number of hydrogen-bond acceptors (Lipinski definition) is 5. The maximum atomic E-state index is 13.3. The number of fused-ring (bicyclic) bond motifs is 4. The normalized spacial score (nSPS) is 19.7. The Balaban J connectivity index is 1.17. The number of anilines is 1. The summed E-state index contributed by atoms with van der Waals surface area (Å²) >= 11 is 0. The van der Waals surface area contributed by atoms with Crippen LogP contribution in [0.2, 0.25) is 0 Å². The van der Waals surface area contributed by atoms with E-state index in [1.165, 1.54) is 11.4 Å². The Morgan fingerprint density at radius 2 is 1.85 bits per heavy atom. The highest BCUT2D eigenvalue weighted by atomic mass is 16.5. The Morgan fingerprint density at radius 1 is 1.06 bits per heavy atom. The van der Waals surface area contributed by atoms with Gasteiger partial charge in [0.2, 0.25) is 0 Å². The number of nitrogens with zero attached hydrogens (tertiary/aromatic N) is 3. The van der Waals surface area contributed by atoms with Gasteiger partial charge >= 0.3 is 0 Å². The molecule has 0 radical (unpaired) electrons. The number of aromatic nitrogens is 1. The molecular formula is C26H30N4O3. The molecule has 3 aromatic rings. The Morgan fingerprint density at radius 3 is 2.67 bits per heavy atom. The summed E-state index contributed by atoms with van der Waals surface area (Å²) in [6.45, 7) is 7.50. The molecule has 33 heavy (non-hydrogen) atoms. The Labute approximate surface area is 193 Å². The molecule has 5 heterocycles. The van der Waals surface area contributed by atoms with Crippen molar-refractivity contribution in [3.05, 3.63) is 71.4 Å². The number of carbonyl (C=O) groups excluding carboxylic acids is 1. The predicted molar refractivity (Wildman–Crippen MR) is 126 cm³/mol. The number of aryl methyl sites for hydroxylation is 1. The Kier molecular flexibility index (Phi) is 5.03. The van der Waals surface area contributed by atoms with Crippen LogP contribution in [0.1, 0.15) is 40.4 Å². The summed E-state index contributed by atoms with van der Waals surface area (Å²) in [4.78, 5) is 17.6. The van der Waals surface area contributed by atoms with Gasteiger partial charge in [0.25, 0.3) is 5.91 Å². The fraction of sp³-hybridized carbons (Fsp3) is 0.423. The zero-order valence-electron chi connectivity index (χ0n) is 19.0. The third-order valence-corrected chi connectivity index (χ3v) is 7.41. The predicted octanol–water partition coefficient (Wildman–Crippen LogP) is 3.77. The van der Waals surface area contributed by atoms with Crippen molar-refractivity contribution in [3.8, 4) is 5.69 Å². The molecule has 7 nitrogen and oxygen atoms in total. The van der Waals surface area contributed by atoms with Gasteiger partial charge in [-0.2, -0.15) is 0 Å². The molecule has 0 bridgehead atoms. The van der Waals surface area contributed by atoms with Gasteiger partial charge in [0.15, 0.2) is 5.76 Å². The molecule has 0 unspecified atom stereocenters. The van der Waals surface area contributed by atoms with Crippen molar-refractivity contribution in [3.63, 3.8) is 0 Å². The molecule has 0 atom stereocenters. The van der Waals surface area contributed by atoms with Crippen LogP contribution in [0.25, 0.3) is 5.69 Å². The Hall–Kier alpha value is -3.03. The lowest BCUT2D eigenvalue weighted by molar-refractivity contribution is 0.0340. The van der Waals surface area contributed by atoms with Crippen molar-refractivity contribution in [2.24, 2.45) is 0 Å². The van der Waals surface area contributed by atoms with E-state index in [2.05, 4.69) is 57.4 Å². The van der Waals surface area contributed by atoms with Gasteiger partial charge in [0.05, 0.1) is 30.1 Å². The zero-order valence-corrected chi connectivity index (χ0v) is 19.0. The van der Waals surface area contributed by atoms with Gasteiger partial charge in [-0.25, -0.2) is 0 Å². The second-order valence-corrected chi connectivity index (χ2v) is 9.36. The molecule has 172 valence electrons. The van der Waals surface area contributed by atoms with E-state index in [-0.39, 0.29) is 11.4 Å². The number of hydrogen-bond donors (Lipinski definition) is 1. The van der Waals surface area contributed by atoms with Crippen LogP contribution < -0.4 is 5.32 Å². The highest BCUT2D eigenvalue weighted by molar-refractivity contribution is 5.92. The second kappa shape index (κ2) is 8.08. The van der Waals surface area contributed by atoms with Crippen LogP contribution in [0.3, 0.4) is 0 Å². The maximum Gasteiger partial charge on any atom is 0.289 e. The monoisotopic (exact) mass is 446 g/mol. The van der Waals surface area contributed by atoms with Crippen LogP contribution in [-0.2, 0) is 16.8 Å². The molecule has 2 fully saturated rings. The molecule has 2 saturated heterocycles. The average Bonchev–Trinajstić information content (AvgIpc) is 3.48. The third-order valence-electron chi connectivity index (χ3n) is 7.41. The summed E-state index contributed by atoms with van der Waals surface area (Å²) in [6, 6.07) is 14.7. The highest BCUT2D eigenvalue weighted by Crippen LogP contribution is 2.43. The molecule has 7 heteroatoms. The third kappa shape index (κ3) is 3.56. The van der Waals surface area contributed by atoms with Crippen LogP contribution in [0.5, 0.6) is 0 Å². The first-order chi connectivity index (χ1) is 16.1. The second-order valence-electron chi connectivity index (χ2n) is 9.36. The number of nitrogens with one attached hydrogen (secondary N) is 1. The van der Waals surface area contributed by atoms with Gasteiger partial charge in [-0.3, -0.25) is 9.69 Å². The number of rotatable bonds is 3. The number of amides is 1. The van der Waals surface area contributed by atoms with Crippen LogP contribution in [-0.4, -0.2) is 59.7 Å². The van der Waals surface area contributed by atoms with E-state index in [1.54, 1.807) is 0 Å². The number of benzene rings is 1. The van der Waals surface area contributed by atoms with Crippen molar-refractivity contribution in [2.45, 2.75) is 31.8 Å². The van der Waals surface area contributed by atoms with Gasteiger partial charge in [0.1, 0.15) is 5.76 Å². The SMILES string of the molecule is Cc1oc(C(=O)N2CCC3(CC2)Nc2ccccc2-n2cccc23)cc1CN1CCOCC1. The number of ether oxygens (including phenoxy) is 1. The summed E-state index contributed by atoms with van der Waals surface area (Å²) in [7, 11) is 0. The highest BCUT2D eigenvalue weighted by Gasteiger charge is 2.42. The van der Waals surface area contributed by atoms with Crippen molar-refractivity contribution in [1.29, 1.82) is 0 Å². The van der Waals surface area contributed by atoms with Crippen LogP contribution in [0.4, 0.5) is 5.69 Å². The van der Waals surface area contributed by atoms with E-state index >= 15 is 0 Å². The molecular weight excluding hydrogens is 416 g/mol. The molecule has 1 N–H and O–H groups in total. The number of furan rings is 1. The lowest BCUT2D eigenvalue weighted by Gasteiger charge is -2.46. The molecule has 1 aromatic carbocycles. The quantitative estimate of drug-likeness (QED) is 0.664. The molecule has 3 aliphatic rings. The summed E-state index contributed by atoms with van der Waals surface area (Å²) < 4.78 is 13.7. The average molecular weight is 447 g/mol. The minimum atomic E-state index is -0.158. The van der Waals surface area contributed by atoms with Gasteiger partial charge in [-0.05, 0) is 50.1 Å². The molecule has 1 amide bonds. The standard InChI is InChI=1S/C26H30N4O3/c1-19-20(18-28-13-15-32-16-14-28)17-23(33-19)25(31)29-11-8-26(9-12-29)24-7-4-10-30(24)22-6-3-2-5-21(22)27-26/h2-7,10,17,27H,8-9,11-16,18H2,1H3. The van der Waals surface area contributed by atoms with E-state index in [1.807, 2.05) is 17.9 Å². The van der Waals surface area contributed by atoms with Crippen molar-refractivity contribution >= 4 is 11.6 Å². The summed E-state index contributed by atoms with van der Waals surface area (Å²) in [5, 5.41) is 3.81. The number of piperidine rings is 1. The fourth-order valence-corrected chi connectivity index (χ4v) is 5.50. The first kappa shape index (κ1) is 20.6. The lowest BCUT2D eigenvalue weighted by atomic mass is 9.82. The fourth-order valence-electron chi connectivity index (χ4n) is 5.50. The molecule has 1 spiro atoms. The minimum Gasteiger partial charge on any atom is -0.456 e. The largest absolute Gasteiger partial charge is 0.456 e. The number of likely N-dealkylation sites (tertiary alicyclic amines) is 1. The van der Waals surface area contributed by atoms with E-state index in [4.69, 9.17) is 9.15 Å². The van der Waals surface area contributed by atoms with E-state index in [0.717, 1.165) is 62.7 Å². The van der Waals surface area contributed by atoms with Gasteiger partial charge < -0.3 is 23.9 Å². The molecule has 6 rings (SSSR count). The van der Waals surface area contributed by atoms with E-state index < -0.39 is 0 Å². The van der Waals surface area contributed by atoms with E-state index in [9.17, 15) is 4.79 Å². The van der Waals surface area contributed by atoms with Crippen molar-refractivity contribution in [2.75, 3.05) is 44.7 Å². The summed E-state index contributed by atoms with van der Waals surface area (Å²) in [5.41, 5.74) is 4.54. The Bertz CT molecular complexity index is 1170. The molecule has 0 aliphatic carbocycles.